The maximum atomic E-state index is 10.9. The zero-order valence-corrected chi connectivity index (χ0v) is 17.5. The zero-order chi connectivity index (χ0) is 21.8. The number of hydrogen-bond donors (Lipinski definition) is 1. The highest BCUT2D eigenvalue weighted by Crippen LogP contribution is 2.47. The van der Waals surface area contributed by atoms with Gasteiger partial charge in [-0.1, -0.05) is 109 Å². The zero-order valence-electron chi connectivity index (χ0n) is 17.5. The molecule has 0 aliphatic rings. The van der Waals surface area contributed by atoms with Crippen LogP contribution in [0.5, 0.6) is 17.2 Å². The monoisotopic (exact) mass is 414 g/mol. The van der Waals surface area contributed by atoms with Crippen molar-refractivity contribution >= 4 is 0 Å². The largest absolute Gasteiger partial charge is 0.504 e. The van der Waals surface area contributed by atoms with Crippen molar-refractivity contribution in [2.75, 3.05) is 0 Å². The molecule has 0 amide bonds. The maximum Gasteiger partial charge on any atom is 0.177 e. The molecule has 32 heavy (non-hydrogen) atoms. The summed E-state index contributed by atoms with van der Waals surface area (Å²) >= 11 is 0. The molecule has 0 aromatic heterocycles. The van der Waals surface area contributed by atoms with Gasteiger partial charge >= 0.3 is 0 Å². The number of phenolic OH excluding ortho intramolecular Hbond substituents is 1. The number of ether oxygens (including phenoxy) is 1. The lowest BCUT2D eigenvalue weighted by atomic mass is 9.93. The Morgan fingerprint density at radius 2 is 0.938 bits per heavy atom. The van der Waals surface area contributed by atoms with Gasteiger partial charge in [-0.3, -0.25) is 0 Å². The summed E-state index contributed by atoms with van der Waals surface area (Å²) in [5.41, 5.74) is 5.93. The highest BCUT2D eigenvalue weighted by Gasteiger charge is 2.19. The van der Waals surface area contributed by atoms with Gasteiger partial charge in [-0.15, -0.1) is 0 Å². The topological polar surface area (TPSA) is 29.5 Å². The lowest BCUT2D eigenvalue weighted by Gasteiger charge is -2.19. The van der Waals surface area contributed by atoms with Gasteiger partial charge in [0.05, 0.1) is 0 Å². The molecular weight excluding hydrogens is 392 g/mol. The molecule has 0 aliphatic heterocycles. The molecule has 154 valence electrons. The van der Waals surface area contributed by atoms with Gasteiger partial charge in [-0.05, 0) is 40.5 Å². The summed E-state index contributed by atoms with van der Waals surface area (Å²) in [6.45, 7) is 0. The first kappa shape index (κ1) is 19.7. The smallest absolute Gasteiger partial charge is 0.177 e. The van der Waals surface area contributed by atoms with E-state index < -0.39 is 0 Å². The standard InChI is InChI=1S/C30H22O2/c31-27-21-20-26(23-14-6-2-7-15-23)29(24-16-8-3-9-17-24)30(27)32-28-19-11-10-18-25(28)22-12-4-1-5-13-22/h1-21,31H. The van der Waals surface area contributed by atoms with Crippen molar-refractivity contribution in [2.45, 2.75) is 0 Å². The van der Waals surface area contributed by atoms with Crippen LogP contribution in [0.1, 0.15) is 0 Å². The van der Waals surface area contributed by atoms with E-state index in [4.69, 9.17) is 4.74 Å². The fraction of sp³-hybridized carbons (Fsp3) is 0. The number of hydrogen-bond acceptors (Lipinski definition) is 2. The van der Waals surface area contributed by atoms with Gasteiger partial charge < -0.3 is 9.84 Å². The third-order valence-electron chi connectivity index (χ3n) is 5.47. The van der Waals surface area contributed by atoms with Crippen molar-refractivity contribution in [3.63, 3.8) is 0 Å². The van der Waals surface area contributed by atoms with E-state index in [0.29, 0.717) is 11.5 Å². The molecule has 0 saturated carbocycles. The fourth-order valence-corrected chi connectivity index (χ4v) is 3.95. The second-order valence-electron chi connectivity index (χ2n) is 7.53. The first-order valence-corrected chi connectivity index (χ1v) is 10.6. The Hall–Kier alpha value is -4.30. The quantitative estimate of drug-likeness (QED) is 0.314. The van der Waals surface area contributed by atoms with Gasteiger partial charge in [0.1, 0.15) is 5.75 Å². The molecule has 0 aliphatic carbocycles. The molecule has 2 nitrogen and oxygen atoms in total. The van der Waals surface area contributed by atoms with Crippen molar-refractivity contribution in [3.8, 4) is 50.6 Å². The van der Waals surface area contributed by atoms with Gasteiger partial charge in [-0.25, -0.2) is 0 Å². The van der Waals surface area contributed by atoms with Crippen LogP contribution in [0.15, 0.2) is 127 Å². The minimum absolute atomic E-state index is 0.103. The third-order valence-corrected chi connectivity index (χ3v) is 5.47. The van der Waals surface area contributed by atoms with Crippen molar-refractivity contribution in [1.82, 2.24) is 0 Å². The van der Waals surface area contributed by atoms with Crippen LogP contribution in [-0.4, -0.2) is 5.11 Å². The average molecular weight is 415 g/mol. The van der Waals surface area contributed by atoms with E-state index in [9.17, 15) is 5.11 Å². The molecule has 5 aromatic rings. The van der Waals surface area contributed by atoms with E-state index in [-0.39, 0.29) is 5.75 Å². The van der Waals surface area contributed by atoms with Gasteiger partial charge in [0, 0.05) is 11.1 Å². The maximum absolute atomic E-state index is 10.9. The van der Waals surface area contributed by atoms with Crippen LogP contribution in [0.25, 0.3) is 33.4 Å². The molecule has 0 radical (unpaired) electrons. The first-order valence-electron chi connectivity index (χ1n) is 10.6. The summed E-state index contributed by atoms with van der Waals surface area (Å²) in [4.78, 5) is 0. The van der Waals surface area contributed by atoms with Crippen LogP contribution in [0.4, 0.5) is 0 Å². The second-order valence-corrected chi connectivity index (χ2v) is 7.53. The molecule has 1 N–H and O–H groups in total. The number of phenols is 1. The second kappa shape index (κ2) is 8.83. The van der Waals surface area contributed by atoms with E-state index in [0.717, 1.165) is 33.4 Å². The Kier molecular flexibility index (Phi) is 5.42. The lowest BCUT2D eigenvalue weighted by molar-refractivity contribution is 0.413. The minimum atomic E-state index is 0.103. The molecule has 0 atom stereocenters. The summed E-state index contributed by atoms with van der Waals surface area (Å²) < 4.78 is 6.49. The van der Waals surface area contributed by atoms with Crippen LogP contribution in [-0.2, 0) is 0 Å². The molecular formula is C30H22O2. The average Bonchev–Trinajstić information content (AvgIpc) is 2.87. The van der Waals surface area contributed by atoms with Gasteiger partial charge in [0.2, 0.25) is 0 Å². The summed E-state index contributed by atoms with van der Waals surface area (Å²) in [5, 5.41) is 10.9. The molecule has 0 bridgehead atoms. The van der Waals surface area contributed by atoms with E-state index in [1.807, 2.05) is 97.1 Å². The Labute approximate surface area is 188 Å². The van der Waals surface area contributed by atoms with E-state index >= 15 is 0 Å². The van der Waals surface area contributed by atoms with Gasteiger partial charge in [0.15, 0.2) is 11.5 Å². The molecule has 0 saturated heterocycles. The summed E-state index contributed by atoms with van der Waals surface area (Å²) in [6.07, 6.45) is 0. The van der Waals surface area contributed by atoms with Crippen LogP contribution in [0, 0.1) is 0 Å². The molecule has 2 heteroatoms. The van der Waals surface area contributed by atoms with E-state index in [2.05, 4.69) is 24.3 Å². The van der Waals surface area contributed by atoms with Crippen molar-refractivity contribution in [2.24, 2.45) is 0 Å². The molecule has 5 rings (SSSR count). The highest BCUT2D eigenvalue weighted by atomic mass is 16.5. The Balaban J connectivity index is 1.71. The summed E-state index contributed by atoms with van der Waals surface area (Å²) in [7, 11) is 0. The van der Waals surface area contributed by atoms with Crippen LogP contribution >= 0.6 is 0 Å². The molecule has 0 spiro atoms. The van der Waals surface area contributed by atoms with Gasteiger partial charge in [0.25, 0.3) is 0 Å². The Morgan fingerprint density at radius 3 is 1.56 bits per heavy atom. The highest BCUT2D eigenvalue weighted by molar-refractivity contribution is 5.90. The van der Waals surface area contributed by atoms with E-state index in [1.54, 1.807) is 6.07 Å². The summed E-state index contributed by atoms with van der Waals surface area (Å²) in [6, 6.07) is 41.9. The molecule has 0 unspecified atom stereocenters. The number of aromatic hydroxyl groups is 1. The number of benzene rings is 5. The SMILES string of the molecule is Oc1ccc(-c2ccccc2)c(-c2ccccc2)c1Oc1ccccc1-c1ccccc1. The van der Waals surface area contributed by atoms with Crippen LogP contribution < -0.4 is 4.74 Å². The predicted molar refractivity (Wildman–Crippen MR) is 131 cm³/mol. The molecule has 5 aromatic carbocycles. The minimum Gasteiger partial charge on any atom is -0.504 e. The summed E-state index contributed by atoms with van der Waals surface area (Å²) in [5.74, 6) is 1.24. The van der Waals surface area contributed by atoms with Crippen molar-refractivity contribution in [3.05, 3.63) is 127 Å². The Morgan fingerprint density at radius 1 is 0.438 bits per heavy atom. The molecule has 0 fully saturated rings. The van der Waals surface area contributed by atoms with Crippen LogP contribution in [0.3, 0.4) is 0 Å². The first-order chi connectivity index (χ1) is 15.8. The lowest BCUT2D eigenvalue weighted by Crippen LogP contribution is -1.94. The van der Waals surface area contributed by atoms with Gasteiger partial charge in [-0.2, -0.15) is 0 Å². The third kappa shape index (κ3) is 3.86. The number of para-hydroxylation sites is 1. The number of rotatable bonds is 5. The van der Waals surface area contributed by atoms with Crippen molar-refractivity contribution in [1.29, 1.82) is 0 Å². The molecule has 0 heterocycles. The Bertz CT molecular complexity index is 1330. The fourth-order valence-electron chi connectivity index (χ4n) is 3.95. The normalized spacial score (nSPS) is 10.6. The predicted octanol–water partition coefficient (Wildman–Crippen LogP) is 8.19. The van der Waals surface area contributed by atoms with E-state index in [1.165, 1.54) is 0 Å². The van der Waals surface area contributed by atoms with Crippen LogP contribution in [0.2, 0.25) is 0 Å². The van der Waals surface area contributed by atoms with Crippen molar-refractivity contribution < 1.29 is 9.84 Å².